The number of nitrogens with one attached hydrogen (secondary N) is 1. The summed E-state index contributed by atoms with van der Waals surface area (Å²) in [6.07, 6.45) is 4.52. The van der Waals surface area contributed by atoms with Crippen LogP contribution in [0.2, 0.25) is 0 Å². The summed E-state index contributed by atoms with van der Waals surface area (Å²) in [7, 11) is 0. The molecule has 148 valence electrons. The van der Waals surface area contributed by atoms with Gasteiger partial charge in [0, 0.05) is 6.42 Å². The van der Waals surface area contributed by atoms with Gasteiger partial charge in [-0.15, -0.1) is 0 Å². The summed E-state index contributed by atoms with van der Waals surface area (Å²) < 4.78 is 5.69. The van der Waals surface area contributed by atoms with Crippen LogP contribution in [0.1, 0.15) is 51.0 Å². The highest BCUT2D eigenvalue weighted by Crippen LogP contribution is 2.19. The second-order valence-electron chi connectivity index (χ2n) is 6.59. The van der Waals surface area contributed by atoms with Gasteiger partial charge < -0.3 is 20.1 Å². The van der Waals surface area contributed by atoms with Crippen LogP contribution in [0.15, 0.2) is 24.3 Å². The summed E-state index contributed by atoms with van der Waals surface area (Å²) in [6, 6.07) is 7.67. The van der Waals surface area contributed by atoms with E-state index in [1.165, 1.54) is 19.3 Å². The fraction of sp³-hybridized carbons (Fsp3) is 0.632. The van der Waals surface area contributed by atoms with Crippen molar-refractivity contribution in [2.24, 2.45) is 0 Å². The number of aliphatic hydroxyl groups is 2. The Balaban J connectivity index is 2.41. The van der Waals surface area contributed by atoms with E-state index < -0.39 is 24.2 Å². The van der Waals surface area contributed by atoms with Crippen molar-refractivity contribution in [2.75, 3.05) is 13.2 Å². The van der Waals surface area contributed by atoms with Crippen LogP contribution in [-0.2, 0) is 11.2 Å². The molecule has 0 radical (unpaired) electrons. The van der Waals surface area contributed by atoms with Gasteiger partial charge in [-0.05, 0) is 48.7 Å². The van der Waals surface area contributed by atoms with Crippen molar-refractivity contribution < 1.29 is 24.9 Å². The van der Waals surface area contributed by atoms with Crippen molar-refractivity contribution >= 4 is 17.7 Å². The topological polar surface area (TPSA) is 99.0 Å². The molecule has 0 aliphatic heterocycles. The lowest BCUT2D eigenvalue weighted by Gasteiger charge is -2.27. The highest BCUT2D eigenvalue weighted by atomic mass is 35.5. The van der Waals surface area contributed by atoms with Gasteiger partial charge >= 0.3 is 5.97 Å². The molecule has 2 unspecified atom stereocenters. The fourth-order valence-corrected chi connectivity index (χ4v) is 2.85. The number of aliphatic carboxylic acids is 1. The Labute approximate surface area is 160 Å². The zero-order valence-electron chi connectivity index (χ0n) is 15.3. The molecule has 6 nitrogen and oxygen atoms in total. The van der Waals surface area contributed by atoms with Crippen LogP contribution in [-0.4, -0.2) is 46.1 Å². The van der Waals surface area contributed by atoms with E-state index in [1.807, 2.05) is 24.3 Å². The van der Waals surface area contributed by atoms with Gasteiger partial charge in [-0.1, -0.05) is 38.3 Å². The normalized spacial score (nSPS) is 14.6. The Morgan fingerprint density at radius 1 is 1.27 bits per heavy atom. The average Bonchev–Trinajstić information content (AvgIpc) is 2.65. The summed E-state index contributed by atoms with van der Waals surface area (Å²) in [6.45, 7) is 2.18. The number of halogens is 1. The van der Waals surface area contributed by atoms with Crippen LogP contribution in [0.3, 0.4) is 0 Å². The molecule has 2 atom stereocenters. The minimum Gasteiger partial charge on any atom is -0.494 e. The minimum atomic E-state index is -1.74. The van der Waals surface area contributed by atoms with Crippen LogP contribution >= 0.6 is 11.8 Å². The minimum absolute atomic E-state index is 0.179. The predicted octanol–water partition coefficient (Wildman–Crippen LogP) is 2.89. The fourth-order valence-electron chi connectivity index (χ4n) is 2.64. The first-order valence-electron chi connectivity index (χ1n) is 9.09. The van der Waals surface area contributed by atoms with Crippen molar-refractivity contribution in [1.29, 1.82) is 0 Å². The maximum atomic E-state index is 11.2. The summed E-state index contributed by atoms with van der Waals surface area (Å²) in [5.74, 6) is -0.475. The lowest BCUT2D eigenvalue weighted by atomic mass is 9.91. The molecule has 0 saturated carbocycles. The molecule has 0 heterocycles. The molecule has 0 bridgehead atoms. The lowest BCUT2D eigenvalue weighted by Crippen LogP contribution is -2.53. The largest absolute Gasteiger partial charge is 0.494 e. The van der Waals surface area contributed by atoms with E-state index in [0.717, 1.165) is 17.7 Å². The zero-order chi connectivity index (χ0) is 19.4. The molecular weight excluding hydrogens is 358 g/mol. The van der Waals surface area contributed by atoms with Gasteiger partial charge in [0.2, 0.25) is 0 Å². The van der Waals surface area contributed by atoms with E-state index in [9.17, 15) is 20.1 Å². The number of ether oxygens (including phenoxy) is 1. The third-order valence-electron chi connectivity index (χ3n) is 4.40. The van der Waals surface area contributed by atoms with E-state index >= 15 is 0 Å². The summed E-state index contributed by atoms with van der Waals surface area (Å²) in [5, 5.41) is 28.6. The van der Waals surface area contributed by atoms with Crippen molar-refractivity contribution in [2.45, 2.75) is 63.5 Å². The second-order valence-corrected chi connectivity index (χ2v) is 6.78. The molecule has 0 aliphatic carbocycles. The number of carboxylic acid groups (broad SMARTS) is 1. The number of carbonyl (C=O) groups is 1. The van der Waals surface area contributed by atoms with E-state index in [4.69, 9.17) is 16.5 Å². The number of hydrogen-bond donors (Lipinski definition) is 4. The Kier molecular flexibility index (Phi) is 10.6. The van der Waals surface area contributed by atoms with E-state index in [0.29, 0.717) is 19.4 Å². The van der Waals surface area contributed by atoms with Gasteiger partial charge in [-0.2, -0.15) is 0 Å². The smallest absolute Gasteiger partial charge is 0.327 e. The molecule has 0 saturated heterocycles. The molecular formula is C19H30ClNO5. The van der Waals surface area contributed by atoms with Gasteiger partial charge in [0.25, 0.3) is 0 Å². The number of rotatable bonds is 14. The van der Waals surface area contributed by atoms with Crippen LogP contribution in [0.5, 0.6) is 5.75 Å². The standard InChI is InChI=1S/C19H30ClNO5/c1-2-3-4-5-12-26-17-10-7-15(8-11-17)6-9-16(23)13-19(14-22,21-20)18(24)25/h7-8,10-11,16,21-23H,2-6,9,12-14H2,1H3,(H,24,25). The number of benzene rings is 1. The molecule has 1 rings (SSSR count). The van der Waals surface area contributed by atoms with Crippen LogP contribution in [0.4, 0.5) is 0 Å². The van der Waals surface area contributed by atoms with Gasteiger partial charge in [-0.3, -0.25) is 4.79 Å². The van der Waals surface area contributed by atoms with Crippen LogP contribution in [0, 0.1) is 0 Å². The second kappa shape index (κ2) is 12.1. The highest BCUT2D eigenvalue weighted by molar-refractivity contribution is 6.15. The molecule has 0 fully saturated rings. The van der Waals surface area contributed by atoms with Crippen molar-refractivity contribution in [1.82, 2.24) is 4.84 Å². The Morgan fingerprint density at radius 2 is 1.96 bits per heavy atom. The molecule has 7 heteroatoms. The maximum Gasteiger partial charge on any atom is 0.327 e. The number of unbranched alkanes of at least 4 members (excludes halogenated alkanes) is 3. The van der Waals surface area contributed by atoms with E-state index in [-0.39, 0.29) is 6.42 Å². The Hall–Kier alpha value is -1.34. The molecule has 0 amide bonds. The molecule has 26 heavy (non-hydrogen) atoms. The van der Waals surface area contributed by atoms with Gasteiger partial charge in [-0.25, -0.2) is 4.84 Å². The highest BCUT2D eigenvalue weighted by Gasteiger charge is 2.39. The van der Waals surface area contributed by atoms with Crippen molar-refractivity contribution in [3.8, 4) is 5.75 Å². The first-order chi connectivity index (χ1) is 12.5. The third-order valence-corrected chi connectivity index (χ3v) is 4.76. The molecule has 1 aromatic rings. The summed E-state index contributed by atoms with van der Waals surface area (Å²) in [4.78, 5) is 13.3. The summed E-state index contributed by atoms with van der Waals surface area (Å²) >= 11 is 5.45. The monoisotopic (exact) mass is 387 g/mol. The van der Waals surface area contributed by atoms with Gasteiger partial charge in [0.05, 0.1) is 19.3 Å². The zero-order valence-corrected chi connectivity index (χ0v) is 16.0. The van der Waals surface area contributed by atoms with Crippen molar-refractivity contribution in [3.63, 3.8) is 0 Å². The quantitative estimate of drug-likeness (QED) is 0.289. The molecule has 0 aliphatic rings. The molecule has 0 aromatic heterocycles. The molecule has 4 N–H and O–H groups in total. The number of carboxylic acids is 1. The number of aryl methyl sites for hydroxylation is 1. The SMILES string of the molecule is CCCCCCOc1ccc(CCC(O)CC(CO)(NCl)C(=O)O)cc1. The van der Waals surface area contributed by atoms with Crippen molar-refractivity contribution in [3.05, 3.63) is 29.8 Å². The van der Waals surface area contributed by atoms with Crippen LogP contribution < -0.4 is 9.57 Å². The van der Waals surface area contributed by atoms with E-state index in [1.54, 1.807) is 0 Å². The summed E-state index contributed by atoms with van der Waals surface area (Å²) in [5.41, 5.74) is -0.720. The predicted molar refractivity (Wildman–Crippen MR) is 101 cm³/mol. The Bertz CT molecular complexity index is 519. The average molecular weight is 388 g/mol. The molecule has 0 spiro atoms. The third kappa shape index (κ3) is 7.50. The maximum absolute atomic E-state index is 11.2. The first kappa shape index (κ1) is 22.7. The number of hydrogen-bond acceptors (Lipinski definition) is 5. The number of aliphatic hydroxyl groups excluding tert-OH is 2. The first-order valence-corrected chi connectivity index (χ1v) is 9.47. The van der Waals surface area contributed by atoms with Gasteiger partial charge in [0.1, 0.15) is 5.75 Å². The Morgan fingerprint density at radius 3 is 2.50 bits per heavy atom. The lowest BCUT2D eigenvalue weighted by molar-refractivity contribution is -0.147. The van der Waals surface area contributed by atoms with Gasteiger partial charge in [0.15, 0.2) is 5.54 Å². The van der Waals surface area contributed by atoms with Crippen LogP contribution in [0.25, 0.3) is 0 Å². The van der Waals surface area contributed by atoms with E-state index in [2.05, 4.69) is 11.8 Å². The molecule has 1 aromatic carbocycles.